The van der Waals surface area contributed by atoms with Crippen molar-refractivity contribution in [1.29, 1.82) is 0 Å². The quantitative estimate of drug-likeness (QED) is 0.277. The summed E-state index contributed by atoms with van der Waals surface area (Å²) in [5.74, 6) is -1.31. The average Bonchev–Trinajstić information content (AvgIpc) is 2.87. The molecule has 2 aromatic heterocycles. The molecule has 0 aliphatic carbocycles. The van der Waals surface area contributed by atoms with Gasteiger partial charge in [0.25, 0.3) is 0 Å². The Morgan fingerprint density at radius 1 is 1.19 bits per heavy atom. The molecule has 3 rings (SSSR count). The first-order valence-corrected chi connectivity index (χ1v) is 12.0. The van der Waals surface area contributed by atoms with Crippen molar-refractivity contribution in [3.05, 3.63) is 59.1 Å². The molecule has 0 saturated heterocycles. The minimum atomic E-state index is -0.941. The summed E-state index contributed by atoms with van der Waals surface area (Å²) in [5.41, 5.74) is 2.38. The third-order valence-electron chi connectivity index (χ3n) is 5.68. The van der Waals surface area contributed by atoms with E-state index >= 15 is 0 Å². The highest BCUT2D eigenvalue weighted by Gasteiger charge is 2.19. The third kappa shape index (κ3) is 7.91. The normalized spacial score (nSPS) is 11.8. The van der Waals surface area contributed by atoms with E-state index in [0.717, 1.165) is 0 Å². The Hall–Kier alpha value is -3.67. The van der Waals surface area contributed by atoms with Gasteiger partial charge in [0, 0.05) is 48.0 Å². The molecule has 0 bridgehead atoms. The number of carbonyl (C=O) groups is 2. The lowest BCUT2D eigenvalue weighted by Crippen LogP contribution is -2.45. The van der Waals surface area contributed by atoms with Crippen LogP contribution in [-0.4, -0.2) is 69.8 Å². The first kappa shape index (κ1) is 27.9. The fourth-order valence-electron chi connectivity index (χ4n) is 3.53. The van der Waals surface area contributed by atoms with Crippen molar-refractivity contribution in [2.45, 2.75) is 26.3 Å². The monoisotopic (exact) mass is 529 g/mol. The van der Waals surface area contributed by atoms with Crippen molar-refractivity contribution < 1.29 is 19.1 Å². The number of nitrogens with zero attached hydrogens (tertiary/aromatic N) is 4. The second-order valence-electron chi connectivity index (χ2n) is 8.28. The Labute approximate surface area is 219 Å². The predicted molar refractivity (Wildman–Crippen MR) is 141 cm³/mol. The molecule has 0 aliphatic heterocycles. The SMILES string of the molecule is CCN(CCC(=O)Nc1cc(Nc2cc(-c3cc(Cl)ccc3F)nnc2C)ccn1)CC(NC)C(=O)O. The van der Waals surface area contributed by atoms with Gasteiger partial charge in [0.1, 0.15) is 17.7 Å². The number of carboxylic acid groups (broad SMARTS) is 1. The lowest BCUT2D eigenvalue weighted by Gasteiger charge is -2.23. The van der Waals surface area contributed by atoms with E-state index in [4.69, 9.17) is 11.6 Å². The minimum Gasteiger partial charge on any atom is -0.480 e. The summed E-state index contributed by atoms with van der Waals surface area (Å²) in [6.45, 7) is 4.96. The molecule has 4 N–H and O–H groups in total. The summed E-state index contributed by atoms with van der Waals surface area (Å²) < 4.78 is 14.3. The molecule has 1 atom stereocenters. The van der Waals surface area contributed by atoms with Crippen molar-refractivity contribution in [3.63, 3.8) is 0 Å². The Morgan fingerprint density at radius 3 is 2.68 bits per heavy atom. The van der Waals surface area contributed by atoms with Gasteiger partial charge in [-0.15, -0.1) is 0 Å². The van der Waals surface area contributed by atoms with Crippen molar-refractivity contribution in [2.24, 2.45) is 0 Å². The number of benzene rings is 1. The van der Waals surface area contributed by atoms with Gasteiger partial charge in [0.15, 0.2) is 0 Å². The standard InChI is InChI=1S/C25H29ClFN7O3/c1-4-34(14-22(28-3)25(36)37)10-8-24(35)31-23-12-17(7-9-29-23)30-20-13-21(33-32-15(20)2)18-11-16(26)5-6-19(18)27/h5-7,9,11-13,22,28H,4,8,10,14H2,1-3H3,(H,36,37)(H2,29,30,31,33,35). The minimum absolute atomic E-state index is 0.172. The molecule has 0 saturated carbocycles. The van der Waals surface area contributed by atoms with Gasteiger partial charge < -0.3 is 26.0 Å². The summed E-state index contributed by atoms with van der Waals surface area (Å²) >= 11 is 6.01. The number of pyridine rings is 1. The number of aromatic nitrogens is 3. The Balaban J connectivity index is 1.66. The van der Waals surface area contributed by atoms with Crippen LogP contribution >= 0.6 is 11.6 Å². The van der Waals surface area contributed by atoms with Gasteiger partial charge >= 0.3 is 5.97 Å². The van der Waals surface area contributed by atoms with Crippen LogP contribution in [0.3, 0.4) is 0 Å². The van der Waals surface area contributed by atoms with Crippen molar-refractivity contribution in [1.82, 2.24) is 25.4 Å². The Morgan fingerprint density at radius 2 is 1.97 bits per heavy atom. The number of carboxylic acids is 1. The number of amides is 1. The van der Waals surface area contributed by atoms with Crippen LogP contribution in [0, 0.1) is 12.7 Å². The fraction of sp³-hybridized carbons (Fsp3) is 0.320. The third-order valence-corrected chi connectivity index (χ3v) is 5.91. The molecule has 1 unspecified atom stereocenters. The van der Waals surface area contributed by atoms with Crippen molar-refractivity contribution >= 4 is 40.7 Å². The van der Waals surface area contributed by atoms with Crippen molar-refractivity contribution in [2.75, 3.05) is 37.3 Å². The van der Waals surface area contributed by atoms with E-state index in [-0.39, 0.29) is 24.4 Å². The van der Waals surface area contributed by atoms with Crippen LogP contribution in [0.1, 0.15) is 19.0 Å². The van der Waals surface area contributed by atoms with E-state index in [2.05, 4.69) is 31.1 Å². The maximum atomic E-state index is 14.3. The second-order valence-corrected chi connectivity index (χ2v) is 8.71. The zero-order valence-electron chi connectivity index (χ0n) is 20.8. The molecular weight excluding hydrogens is 501 g/mol. The molecular formula is C25H29ClFN7O3. The van der Waals surface area contributed by atoms with Gasteiger partial charge in [-0.05, 0) is 50.8 Å². The number of anilines is 3. The lowest BCUT2D eigenvalue weighted by atomic mass is 10.1. The van der Waals surface area contributed by atoms with Gasteiger partial charge in [-0.2, -0.15) is 10.2 Å². The van der Waals surface area contributed by atoms with Crippen LogP contribution in [-0.2, 0) is 9.59 Å². The lowest BCUT2D eigenvalue weighted by molar-refractivity contribution is -0.139. The summed E-state index contributed by atoms with van der Waals surface area (Å²) in [5, 5.41) is 26.5. The number of carbonyl (C=O) groups excluding carboxylic acids is 1. The predicted octanol–water partition coefficient (Wildman–Crippen LogP) is 3.71. The summed E-state index contributed by atoms with van der Waals surface area (Å²) in [6.07, 6.45) is 1.72. The Kier molecular flexibility index (Phi) is 9.84. The molecule has 3 aromatic rings. The van der Waals surface area contributed by atoms with E-state index in [9.17, 15) is 19.1 Å². The molecule has 0 fully saturated rings. The van der Waals surface area contributed by atoms with Gasteiger partial charge in [-0.3, -0.25) is 9.59 Å². The Bertz CT molecular complexity index is 1260. The molecule has 0 aliphatic rings. The molecule has 1 amide bonds. The molecule has 12 heteroatoms. The second kappa shape index (κ2) is 13.0. The largest absolute Gasteiger partial charge is 0.480 e. The molecule has 2 heterocycles. The molecule has 1 aromatic carbocycles. The number of nitrogens with one attached hydrogen (secondary N) is 3. The molecule has 0 radical (unpaired) electrons. The van der Waals surface area contributed by atoms with Gasteiger partial charge in [0.2, 0.25) is 5.91 Å². The van der Waals surface area contributed by atoms with Crippen LogP contribution < -0.4 is 16.0 Å². The van der Waals surface area contributed by atoms with E-state index in [1.165, 1.54) is 18.2 Å². The van der Waals surface area contributed by atoms with Crippen molar-refractivity contribution in [3.8, 4) is 11.3 Å². The first-order valence-electron chi connectivity index (χ1n) is 11.6. The average molecular weight is 530 g/mol. The van der Waals surface area contributed by atoms with Crippen LogP contribution in [0.25, 0.3) is 11.3 Å². The highest BCUT2D eigenvalue weighted by atomic mass is 35.5. The zero-order chi connectivity index (χ0) is 26.9. The maximum Gasteiger partial charge on any atom is 0.322 e. The molecule has 0 spiro atoms. The number of halogens is 2. The smallest absolute Gasteiger partial charge is 0.322 e. The van der Waals surface area contributed by atoms with Crippen LogP contribution in [0.4, 0.5) is 21.6 Å². The van der Waals surface area contributed by atoms with Crippen LogP contribution in [0.2, 0.25) is 5.02 Å². The first-order chi connectivity index (χ1) is 17.7. The number of rotatable bonds is 12. The fourth-order valence-corrected chi connectivity index (χ4v) is 3.70. The molecule has 10 nitrogen and oxygen atoms in total. The highest BCUT2D eigenvalue weighted by molar-refractivity contribution is 6.30. The van der Waals surface area contributed by atoms with Gasteiger partial charge in [-0.1, -0.05) is 18.5 Å². The summed E-state index contributed by atoms with van der Waals surface area (Å²) in [4.78, 5) is 29.8. The van der Waals surface area contributed by atoms with E-state index < -0.39 is 17.8 Å². The molecule has 37 heavy (non-hydrogen) atoms. The maximum absolute atomic E-state index is 14.3. The topological polar surface area (TPSA) is 132 Å². The van der Waals surface area contributed by atoms with E-state index in [1.54, 1.807) is 38.4 Å². The van der Waals surface area contributed by atoms with Crippen LogP contribution in [0.5, 0.6) is 0 Å². The highest BCUT2D eigenvalue weighted by Crippen LogP contribution is 2.28. The summed E-state index contributed by atoms with van der Waals surface area (Å²) in [6, 6.07) is 8.56. The van der Waals surface area contributed by atoms with Gasteiger partial charge in [0.05, 0.1) is 17.1 Å². The number of aliphatic carboxylic acids is 1. The number of hydrogen-bond acceptors (Lipinski definition) is 8. The number of aryl methyl sites for hydroxylation is 1. The number of hydrogen-bond donors (Lipinski definition) is 4. The van der Waals surface area contributed by atoms with E-state index in [0.29, 0.717) is 46.7 Å². The van der Waals surface area contributed by atoms with E-state index in [1.807, 2.05) is 11.8 Å². The molecule has 196 valence electrons. The zero-order valence-corrected chi connectivity index (χ0v) is 21.5. The van der Waals surface area contributed by atoms with Crippen LogP contribution in [0.15, 0.2) is 42.6 Å². The summed E-state index contributed by atoms with van der Waals surface area (Å²) in [7, 11) is 1.59. The van der Waals surface area contributed by atoms with Gasteiger partial charge in [-0.25, -0.2) is 9.37 Å². The number of likely N-dealkylation sites (N-methyl/N-ethyl adjacent to an activating group) is 2.